The molecular weight excluding hydrogens is 326 g/mol. The summed E-state index contributed by atoms with van der Waals surface area (Å²) >= 11 is 0. The number of aliphatic hydroxyl groups excluding tert-OH is 1. The Hall–Kier alpha value is -2.76. The number of amides is 1. The maximum atomic E-state index is 13.0. The van der Waals surface area contributed by atoms with E-state index in [1.54, 1.807) is 12.3 Å². The third-order valence-electron chi connectivity index (χ3n) is 5.09. The summed E-state index contributed by atoms with van der Waals surface area (Å²) in [6.07, 6.45) is 1.65. The van der Waals surface area contributed by atoms with Crippen LogP contribution in [0.1, 0.15) is 22.3 Å². The lowest BCUT2D eigenvalue weighted by atomic mass is 9.79. The highest BCUT2D eigenvalue weighted by molar-refractivity contribution is 5.98. The van der Waals surface area contributed by atoms with Gasteiger partial charge in [0, 0.05) is 23.7 Å². The molecule has 5 heteroatoms. The fourth-order valence-electron chi connectivity index (χ4n) is 3.65. The van der Waals surface area contributed by atoms with Crippen molar-refractivity contribution in [2.24, 2.45) is 0 Å². The molecule has 1 saturated heterocycles. The number of benzene rings is 2. The topological polar surface area (TPSA) is 74.2 Å². The SMILES string of the molecule is O=C(N[C@@]1(c2ccccc2)CCNC[C@H]1O)c1ccc2ncccc2c1. The number of carbonyl (C=O) groups is 1. The van der Waals surface area contributed by atoms with Gasteiger partial charge in [0.25, 0.3) is 5.91 Å². The van der Waals surface area contributed by atoms with Crippen molar-refractivity contribution in [3.63, 3.8) is 0 Å². The molecule has 4 rings (SSSR count). The minimum Gasteiger partial charge on any atom is -0.389 e. The molecule has 2 aromatic carbocycles. The van der Waals surface area contributed by atoms with E-state index >= 15 is 0 Å². The Morgan fingerprint density at radius 1 is 1.15 bits per heavy atom. The highest BCUT2D eigenvalue weighted by atomic mass is 16.3. The first kappa shape index (κ1) is 16.7. The number of rotatable bonds is 3. The van der Waals surface area contributed by atoms with Gasteiger partial charge in [-0.25, -0.2) is 0 Å². The number of aliphatic hydroxyl groups is 1. The van der Waals surface area contributed by atoms with Crippen molar-refractivity contribution in [2.75, 3.05) is 13.1 Å². The number of aromatic nitrogens is 1. The van der Waals surface area contributed by atoms with Gasteiger partial charge in [-0.1, -0.05) is 36.4 Å². The predicted molar refractivity (Wildman–Crippen MR) is 101 cm³/mol. The number of carbonyl (C=O) groups excluding carboxylic acids is 1. The summed E-state index contributed by atoms with van der Waals surface area (Å²) in [4.78, 5) is 17.3. The van der Waals surface area contributed by atoms with E-state index in [1.807, 2.05) is 54.6 Å². The van der Waals surface area contributed by atoms with Crippen molar-refractivity contribution < 1.29 is 9.90 Å². The summed E-state index contributed by atoms with van der Waals surface area (Å²) in [7, 11) is 0. The maximum Gasteiger partial charge on any atom is 0.252 e. The molecule has 2 atom stereocenters. The smallest absolute Gasteiger partial charge is 0.252 e. The van der Waals surface area contributed by atoms with Gasteiger partial charge in [-0.2, -0.15) is 0 Å². The second kappa shape index (κ2) is 6.86. The molecule has 1 aliphatic heterocycles. The molecule has 1 fully saturated rings. The third-order valence-corrected chi connectivity index (χ3v) is 5.09. The molecule has 26 heavy (non-hydrogen) atoms. The van der Waals surface area contributed by atoms with Gasteiger partial charge in [-0.15, -0.1) is 0 Å². The zero-order valence-corrected chi connectivity index (χ0v) is 14.4. The third kappa shape index (κ3) is 2.96. The summed E-state index contributed by atoms with van der Waals surface area (Å²) in [5.74, 6) is -0.194. The lowest BCUT2D eigenvalue weighted by molar-refractivity contribution is 0.0290. The van der Waals surface area contributed by atoms with Gasteiger partial charge < -0.3 is 15.7 Å². The van der Waals surface area contributed by atoms with Crippen LogP contribution < -0.4 is 10.6 Å². The molecule has 5 nitrogen and oxygen atoms in total. The van der Waals surface area contributed by atoms with Crippen LogP contribution in [0.5, 0.6) is 0 Å². The molecule has 0 radical (unpaired) electrons. The lowest BCUT2D eigenvalue weighted by Gasteiger charge is -2.43. The Morgan fingerprint density at radius 3 is 2.81 bits per heavy atom. The van der Waals surface area contributed by atoms with Gasteiger partial charge in [0.15, 0.2) is 0 Å². The van der Waals surface area contributed by atoms with Crippen LogP contribution in [-0.2, 0) is 5.54 Å². The van der Waals surface area contributed by atoms with Gasteiger partial charge in [-0.05, 0) is 42.8 Å². The molecule has 3 N–H and O–H groups in total. The fourth-order valence-corrected chi connectivity index (χ4v) is 3.65. The second-order valence-electron chi connectivity index (χ2n) is 6.67. The number of hydrogen-bond donors (Lipinski definition) is 3. The Labute approximate surface area is 152 Å². The summed E-state index contributed by atoms with van der Waals surface area (Å²) < 4.78 is 0. The first-order valence-corrected chi connectivity index (χ1v) is 8.81. The maximum absolute atomic E-state index is 13.0. The molecule has 1 aromatic heterocycles. The van der Waals surface area contributed by atoms with Crippen molar-refractivity contribution in [3.05, 3.63) is 78.0 Å². The minimum atomic E-state index is -0.798. The van der Waals surface area contributed by atoms with Crippen LogP contribution in [0.15, 0.2) is 66.9 Å². The summed E-state index contributed by atoms with van der Waals surface area (Å²) in [6, 6.07) is 19.0. The highest BCUT2D eigenvalue weighted by Crippen LogP contribution is 2.31. The second-order valence-corrected chi connectivity index (χ2v) is 6.67. The van der Waals surface area contributed by atoms with Gasteiger partial charge in [0.1, 0.15) is 0 Å². The molecule has 3 aromatic rings. The minimum absolute atomic E-state index is 0.194. The van der Waals surface area contributed by atoms with E-state index in [1.165, 1.54) is 0 Å². The standard InChI is InChI=1S/C21H21N3O2/c25-19-14-22-12-10-21(19,17-6-2-1-3-7-17)24-20(26)16-8-9-18-15(13-16)5-4-11-23-18/h1-9,11,13,19,22,25H,10,12,14H2,(H,24,26)/t19-,21-/m1/s1. The number of hydrogen-bond acceptors (Lipinski definition) is 4. The normalized spacial score (nSPS) is 22.9. The highest BCUT2D eigenvalue weighted by Gasteiger charge is 2.42. The summed E-state index contributed by atoms with van der Waals surface area (Å²) in [5.41, 5.74) is 1.54. The number of fused-ring (bicyclic) bond motifs is 1. The van der Waals surface area contributed by atoms with Crippen LogP contribution >= 0.6 is 0 Å². The number of piperidine rings is 1. The van der Waals surface area contributed by atoms with Gasteiger partial charge >= 0.3 is 0 Å². The molecule has 0 bridgehead atoms. The molecule has 0 unspecified atom stereocenters. The monoisotopic (exact) mass is 347 g/mol. The molecule has 1 amide bonds. The molecule has 2 heterocycles. The first-order chi connectivity index (χ1) is 12.7. The van der Waals surface area contributed by atoms with Crippen LogP contribution in [0.4, 0.5) is 0 Å². The fraction of sp³-hybridized carbons (Fsp3) is 0.238. The molecule has 0 aliphatic carbocycles. The van der Waals surface area contributed by atoms with Crippen LogP contribution in [0.3, 0.4) is 0 Å². The van der Waals surface area contributed by atoms with Gasteiger partial charge in [0.2, 0.25) is 0 Å². The number of β-amino-alcohol motifs (C(OH)–C–C–N with tert-alkyl or cyclic N) is 1. The first-order valence-electron chi connectivity index (χ1n) is 8.81. The molecule has 0 spiro atoms. The van der Waals surface area contributed by atoms with E-state index in [-0.39, 0.29) is 5.91 Å². The summed E-state index contributed by atoms with van der Waals surface area (Å²) in [6.45, 7) is 1.17. The van der Waals surface area contributed by atoms with Crippen LogP contribution in [0, 0.1) is 0 Å². The average molecular weight is 347 g/mol. The van der Waals surface area contributed by atoms with Crippen LogP contribution in [0.2, 0.25) is 0 Å². The molecule has 0 saturated carbocycles. The zero-order chi connectivity index (χ0) is 18.0. The van der Waals surface area contributed by atoms with Crippen molar-refractivity contribution in [2.45, 2.75) is 18.1 Å². The van der Waals surface area contributed by atoms with Gasteiger partial charge in [-0.3, -0.25) is 9.78 Å². The molecule has 132 valence electrons. The van der Waals surface area contributed by atoms with E-state index in [4.69, 9.17) is 0 Å². The average Bonchev–Trinajstić information content (AvgIpc) is 2.70. The van der Waals surface area contributed by atoms with E-state index < -0.39 is 11.6 Å². The van der Waals surface area contributed by atoms with Crippen LogP contribution in [-0.4, -0.2) is 35.2 Å². The van der Waals surface area contributed by atoms with Crippen LogP contribution in [0.25, 0.3) is 10.9 Å². The Morgan fingerprint density at radius 2 is 2.00 bits per heavy atom. The Bertz CT molecular complexity index is 929. The number of pyridine rings is 1. The molecular formula is C21H21N3O2. The van der Waals surface area contributed by atoms with E-state index in [2.05, 4.69) is 15.6 Å². The lowest BCUT2D eigenvalue weighted by Crippen LogP contribution is -2.61. The molecule has 1 aliphatic rings. The van der Waals surface area contributed by atoms with E-state index in [0.29, 0.717) is 18.5 Å². The Kier molecular flexibility index (Phi) is 4.41. The van der Waals surface area contributed by atoms with Crippen molar-refractivity contribution in [3.8, 4) is 0 Å². The zero-order valence-electron chi connectivity index (χ0n) is 14.4. The Balaban J connectivity index is 1.69. The van der Waals surface area contributed by atoms with Gasteiger partial charge in [0.05, 0.1) is 17.2 Å². The van der Waals surface area contributed by atoms with Crippen molar-refractivity contribution in [1.82, 2.24) is 15.6 Å². The quantitative estimate of drug-likeness (QED) is 0.679. The largest absolute Gasteiger partial charge is 0.389 e. The van der Waals surface area contributed by atoms with E-state index in [9.17, 15) is 9.90 Å². The van der Waals surface area contributed by atoms with E-state index in [0.717, 1.165) is 23.0 Å². The number of nitrogens with one attached hydrogen (secondary N) is 2. The predicted octanol–water partition coefficient (Wildman–Crippen LogP) is 2.21. The summed E-state index contributed by atoms with van der Waals surface area (Å²) in [5, 5.41) is 18.0. The number of nitrogens with zero attached hydrogens (tertiary/aromatic N) is 1. The van der Waals surface area contributed by atoms with Crippen molar-refractivity contribution >= 4 is 16.8 Å². The van der Waals surface area contributed by atoms with Crippen molar-refractivity contribution in [1.29, 1.82) is 0 Å².